The molecule has 0 radical (unpaired) electrons. The molecule has 1 aliphatic heterocycles. The van der Waals surface area contributed by atoms with Crippen molar-refractivity contribution in [2.45, 2.75) is 64.0 Å². The van der Waals surface area contributed by atoms with Gasteiger partial charge in [0.1, 0.15) is 0 Å². The van der Waals surface area contributed by atoms with E-state index in [4.69, 9.17) is 4.74 Å². The van der Waals surface area contributed by atoms with E-state index in [1.54, 1.807) is 24.3 Å². The maximum atomic E-state index is 12.7. The second-order valence-corrected chi connectivity index (χ2v) is 10.2. The fraction of sp³-hybridized carbons (Fsp3) is 0.600. The lowest BCUT2D eigenvalue weighted by Crippen LogP contribution is -2.47. The van der Waals surface area contributed by atoms with Crippen molar-refractivity contribution in [3.8, 4) is 0 Å². The topological polar surface area (TPSA) is 92.8 Å². The summed E-state index contributed by atoms with van der Waals surface area (Å²) in [7, 11) is -3.57. The number of carbonyl (C=O) groups excluding carboxylic acids is 2. The first kappa shape index (κ1) is 22.4. The van der Waals surface area contributed by atoms with Crippen LogP contribution < -0.4 is 5.32 Å². The van der Waals surface area contributed by atoms with Gasteiger partial charge in [0, 0.05) is 18.6 Å². The molecule has 1 N–H and O–H groups in total. The van der Waals surface area contributed by atoms with E-state index < -0.39 is 33.6 Å². The van der Waals surface area contributed by atoms with Crippen LogP contribution in [0, 0.1) is 12.8 Å². The van der Waals surface area contributed by atoms with Gasteiger partial charge in [0.2, 0.25) is 10.0 Å². The third kappa shape index (κ3) is 5.78. The van der Waals surface area contributed by atoms with E-state index in [1.165, 1.54) is 11.2 Å². The molecule has 0 spiro atoms. The molecule has 28 heavy (non-hydrogen) atoms. The van der Waals surface area contributed by atoms with Crippen LogP contribution in [0.3, 0.4) is 0 Å². The van der Waals surface area contributed by atoms with Crippen molar-refractivity contribution in [2.75, 3.05) is 13.1 Å². The Labute approximate surface area is 167 Å². The fourth-order valence-electron chi connectivity index (χ4n) is 2.99. The molecule has 1 aliphatic rings. The SMILES string of the molecule is Cc1ccc(S(=O)(=O)N2CCC(C(=O)OC(C)C(=O)NC(C)(C)C)CC2)cc1. The third-order valence-electron chi connectivity index (χ3n) is 4.61. The predicted octanol–water partition coefficient (Wildman–Crippen LogP) is 2.24. The van der Waals surface area contributed by atoms with Crippen LogP contribution in [-0.2, 0) is 24.3 Å². The molecule has 1 amide bonds. The van der Waals surface area contributed by atoms with Gasteiger partial charge in [-0.25, -0.2) is 8.42 Å². The highest BCUT2D eigenvalue weighted by Crippen LogP contribution is 2.25. The molecular weight excluding hydrogens is 380 g/mol. The number of benzene rings is 1. The highest BCUT2D eigenvalue weighted by molar-refractivity contribution is 7.89. The van der Waals surface area contributed by atoms with E-state index in [0.29, 0.717) is 12.8 Å². The van der Waals surface area contributed by atoms with E-state index in [0.717, 1.165) is 5.56 Å². The Kier molecular flexibility index (Phi) is 6.88. The predicted molar refractivity (Wildman–Crippen MR) is 106 cm³/mol. The van der Waals surface area contributed by atoms with Crippen molar-refractivity contribution in [1.82, 2.24) is 9.62 Å². The van der Waals surface area contributed by atoms with Gasteiger partial charge in [0.05, 0.1) is 10.8 Å². The number of nitrogens with one attached hydrogen (secondary N) is 1. The quantitative estimate of drug-likeness (QED) is 0.752. The summed E-state index contributed by atoms with van der Waals surface area (Å²) in [5.41, 5.74) is 0.581. The summed E-state index contributed by atoms with van der Waals surface area (Å²) in [6, 6.07) is 6.73. The number of carbonyl (C=O) groups is 2. The summed E-state index contributed by atoms with van der Waals surface area (Å²) in [5, 5.41) is 2.77. The number of amides is 1. The molecule has 8 heteroatoms. The average Bonchev–Trinajstić information content (AvgIpc) is 2.60. The molecule has 7 nitrogen and oxygen atoms in total. The lowest BCUT2D eigenvalue weighted by Gasteiger charge is -2.31. The van der Waals surface area contributed by atoms with Crippen LogP contribution in [-0.4, -0.2) is 49.3 Å². The molecule has 0 bridgehead atoms. The fourth-order valence-corrected chi connectivity index (χ4v) is 4.46. The molecule has 1 aromatic rings. The van der Waals surface area contributed by atoms with Gasteiger partial charge in [-0.1, -0.05) is 17.7 Å². The maximum absolute atomic E-state index is 12.7. The van der Waals surface area contributed by atoms with Gasteiger partial charge in [-0.2, -0.15) is 4.31 Å². The minimum Gasteiger partial charge on any atom is -0.452 e. The summed E-state index contributed by atoms with van der Waals surface area (Å²) in [6.45, 7) is 9.49. The van der Waals surface area contributed by atoms with E-state index >= 15 is 0 Å². The van der Waals surface area contributed by atoms with Crippen LogP contribution in [0.2, 0.25) is 0 Å². The normalized spacial score (nSPS) is 17.8. The third-order valence-corrected chi connectivity index (χ3v) is 6.52. The molecule has 1 atom stereocenters. The Bertz CT molecular complexity index is 804. The number of aryl methyl sites for hydroxylation is 1. The first-order valence-electron chi connectivity index (χ1n) is 9.49. The van der Waals surface area contributed by atoms with Gasteiger partial charge >= 0.3 is 5.97 Å². The molecule has 1 saturated heterocycles. The van der Waals surface area contributed by atoms with Crippen molar-refractivity contribution in [2.24, 2.45) is 5.92 Å². The second kappa shape index (κ2) is 8.61. The average molecular weight is 411 g/mol. The van der Waals surface area contributed by atoms with E-state index in [-0.39, 0.29) is 23.9 Å². The summed E-state index contributed by atoms with van der Waals surface area (Å²) >= 11 is 0. The van der Waals surface area contributed by atoms with Crippen LogP contribution >= 0.6 is 0 Å². The number of hydrogen-bond donors (Lipinski definition) is 1. The zero-order valence-electron chi connectivity index (χ0n) is 17.2. The number of esters is 1. The molecule has 0 aromatic heterocycles. The lowest BCUT2D eigenvalue weighted by atomic mass is 9.98. The van der Waals surface area contributed by atoms with Gasteiger partial charge in [0.15, 0.2) is 6.10 Å². The number of piperidine rings is 1. The minimum atomic E-state index is -3.57. The number of nitrogens with zero attached hydrogens (tertiary/aromatic N) is 1. The van der Waals surface area contributed by atoms with E-state index in [9.17, 15) is 18.0 Å². The minimum absolute atomic E-state index is 0.249. The maximum Gasteiger partial charge on any atom is 0.309 e. The summed E-state index contributed by atoms with van der Waals surface area (Å²) in [4.78, 5) is 24.7. The molecule has 1 fully saturated rings. The molecule has 2 rings (SSSR count). The Balaban J connectivity index is 1.91. The molecule has 156 valence electrons. The Morgan fingerprint density at radius 3 is 2.18 bits per heavy atom. The summed E-state index contributed by atoms with van der Waals surface area (Å²) in [5.74, 6) is -1.21. The van der Waals surface area contributed by atoms with Gasteiger partial charge in [0.25, 0.3) is 5.91 Å². The standard InChI is InChI=1S/C20H30N2O5S/c1-14-6-8-17(9-7-14)28(25,26)22-12-10-16(11-13-22)19(24)27-15(2)18(23)21-20(3,4)5/h6-9,15-16H,10-13H2,1-5H3,(H,21,23). The molecule has 1 unspecified atom stereocenters. The zero-order chi connectivity index (χ0) is 21.1. The highest BCUT2D eigenvalue weighted by atomic mass is 32.2. The number of sulfonamides is 1. The van der Waals surface area contributed by atoms with Crippen LogP contribution in [0.4, 0.5) is 0 Å². The van der Waals surface area contributed by atoms with Crippen molar-refractivity contribution in [3.05, 3.63) is 29.8 Å². The van der Waals surface area contributed by atoms with E-state index in [2.05, 4.69) is 5.32 Å². The Morgan fingerprint density at radius 2 is 1.68 bits per heavy atom. The van der Waals surface area contributed by atoms with Crippen LogP contribution in [0.25, 0.3) is 0 Å². The molecule has 1 aromatic carbocycles. The van der Waals surface area contributed by atoms with Crippen molar-refractivity contribution >= 4 is 21.9 Å². The van der Waals surface area contributed by atoms with Gasteiger partial charge in [-0.3, -0.25) is 9.59 Å². The number of hydrogen-bond acceptors (Lipinski definition) is 5. The van der Waals surface area contributed by atoms with Gasteiger partial charge in [-0.15, -0.1) is 0 Å². The first-order valence-corrected chi connectivity index (χ1v) is 10.9. The highest BCUT2D eigenvalue weighted by Gasteiger charge is 2.34. The van der Waals surface area contributed by atoms with Crippen LogP contribution in [0.15, 0.2) is 29.2 Å². The van der Waals surface area contributed by atoms with Gasteiger partial charge < -0.3 is 10.1 Å². The summed E-state index contributed by atoms with van der Waals surface area (Å²) < 4.78 is 32.2. The smallest absolute Gasteiger partial charge is 0.309 e. The molecule has 1 heterocycles. The van der Waals surface area contributed by atoms with Crippen LogP contribution in [0.5, 0.6) is 0 Å². The Hall–Kier alpha value is -1.93. The first-order chi connectivity index (χ1) is 12.9. The largest absolute Gasteiger partial charge is 0.452 e. The van der Waals surface area contributed by atoms with Crippen LogP contribution in [0.1, 0.15) is 46.1 Å². The van der Waals surface area contributed by atoms with Crippen molar-refractivity contribution in [3.63, 3.8) is 0 Å². The lowest BCUT2D eigenvalue weighted by molar-refractivity contribution is -0.160. The Morgan fingerprint density at radius 1 is 1.14 bits per heavy atom. The monoisotopic (exact) mass is 410 g/mol. The van der Waals surface area contributed by atoms with E-state index in [1.807, 2.05) is 27.7 Å². The molecule has 0 saturated carbocycles. The van der Waals surface area contributed by atoms with Gasteiger partial charge in [-0.05, 0) is 59.6 Å². The molecular formula is C20H30N2O5S. The number of rotatable bonds is 5. The zero-order valence-corrected chi connectivity index (χ0v) is 18.0. The number of ether oxygens (including phenoxy) is 1. The van der Waals surface area contributed by atoms with Crippen molar-refractivity contribution < 1.29 is 22.7 Å². The van der Waals surface area contributed by atoms with Crippen molar-refractivity contribution in [1.29, 1.82) is 0 Å². The second-order valence-electron chi connectivity index (χ2n) is 8.31. The molecule has 0 aliphatic carbocycles. The summed E-state index contributed by atoms with van der Waals surface area (Å²) in [6.07, 6.45) is -0.143.